The maximum Gasteiger partial charge on any atom is 0.505 e. The molecule has 2 bridgehead atoms. The van der Waals surface area contributed by atoms with Gasteiger partial charge in [-0.25, -0.2) is 4.79 Å². The average Bonchev–Trinajstić information content (AvgIpc) is 2.13. The molecule has 4 atom stereocenters. The smallest absolute Gasteiger partial charge is 0.450 e. The van der Waals surface area contributed by atoms with Gasteiger partial charge in [-0.3, -0.25) is 0 Å². The number of fused-ring (bicyclic) bond motifs is 2. The van der Waals surface area contributed by atoms with E-state index in [0.29, 0.717) is 12.0 Å². The number of carbonyl (C=O) groups is 1. The largest absolute Gasteiger partial charge is 0.505 e. The van der Waals surface area contributed by atoms with E-state index >= 15 is 0 Å². The van der Waals surface area contributed by atoms with Gasteiger partial charge in [0.1, 0.15) is 0 Å². The summed E-state index contributed by atoms with van der Waals surface area (Å²) in [5.74, 6) is 2.62. The highest BCUT2D eigenvalue weighted by atomic mass is 16.7. The highest BCUT2D eigenvalue weighted by Crippen LogP contribution is 2.51. The molecule has 3 unspecified atom stereocenters. The molecule has 2 fully saturated rings. The molecule has 2 aliphatic carbocycles. The molecule has 3 nitrogen and oxygen atoms in total. The fraction of sp³-hybridized carbons (Fsp3) is 0.929. The van der Waals surface area contributed by atoms with Crippen LogP contribution in [0.15, 0.2) is 0 Å². The third-order valence-electron chi connectivity index (χ3n) is 4.63. The Balaban J connectivity index is 1.87. The monoisotopic (exact) mass is 240 g/mol. The molecule has 0 amide bonds. The molecule has 17 heavy (non-hydrogen) atoms. The lowest BCUT2D eigenvalue weighted by Crippen LogP contribution is -2.36. The predicted octanol–water partition coefficient (Wildman–Crippen LogP) is 3.92. The summed E-state index contributed by atoms with van der Waals surface area (Å²) in [5.41, 5.74) is 0.309. The molecule has 2 aliphatic rings. The first kappa shape index (κ1) is 12.7. The van der Waals surface area contributed by atoms with Crippen LogP contribution in [0.2, 0.25) is 0 Å². The van der Waals surface area contributed by atoms with Gasteiger partial charge < -0.3 is 9.84 Å². The van der Waals surface area contributed by atoms with Crippen molar-refractivity contribution in [3.05, 3.63) is 0 Å². The Bertz CT molecular complexity index is 269. The van der Waals surface area contributed by atoms with Gasteiger partial charge in [0.25, 0.3) is 0 Å². The zero-order chi connectivity index (χ0) is 12.5. The Morgan fingerprint density at radius 1 is 1.29 bits per heavy atom. The summed E-state index contributed by atoms with van der Waals surface area (Å²) < 4.78 is 4.67. The van der Waals surface area contributed by atoms with Crippen LogP contribution in [0.3, 0.4) is 0 Å². The Hall–Kier alpha value is -0.730. The first-order chi connectivity index (χ1) is 7.97. The van der Waals surface area contributed by atoms with Crippen molar-refractivity contribution >= 4 is 6.16 Å². The van der Waals surface area contributed by atoms with Gasteiger partial charge in [-0.2, -0.15) is 0 Å². The average molecular weight is 240 g/mol. The standard InChI is InChI=1S/C14H24O3/c1-10-5-11-7-12(6-10)9-14(2,8-11)3-4-17-13(15)16/h10-12H,3-9H2,1-2H3,(H,15,16)/t10?,11-,12?,14?/m0/s1. The first-order valence-electron chi connectivity index (χ1n) is 6.82. The van der Waals surface area contributed by atoms with Crippen molar-refractivity contribution in [2.75, 3.05) is 6.61 Å². The van der Waals surface area contributed by atoms with Gasteiger partial charge in [0.15, 0.2) is 0 Å². The third-order valence-corrected chi connectivity index (χ3v) is 4.63. The van der Waals surface area contributed by atoms with Crippen LogP contribution in [0, 0.1) is 23.2 Å². The lowest BCUT2D eigenvalue weighted by atomic mass is 9.59. The summed E-state index contributed by atoms with van der Waals surface area (Å²) in [7, 11) is 0. The van der Waals surface area contributed by atoms with Gasteiger partial charge in [-0.1, -0.05) is 13.8 Å². The molecule has 2 rings (SSSR count). The minimum absolute atomic E-state index is 0.309. The number of rotatable bonds is 3. The third kappa shape index (κ3) is 3.36. The van der Waals surface area contributed by atoms with Gasteiger partial charge >= 0.3 is 6.16 Å². The number of carboxylic acid groups (broad SMARTS) is 1. The van der Waals surface area contributed by atoms with Crippen molar-refractivity contribution in [3.63, 3.8) is 0 Å². The van der Waals surface area contributed by atoms with E-state index in [9.17, 15) is 4.79 Å². The Labute approximate surface area is 104 Å². The lowest BCUT2D eigenvalue weighted by Gasteiger charge is -2.47. The van der Waals surface area contributed by atoms with E-state index in [0.717, 1.165) is 24.2 Å². The highest BCUT2D eigenvalue weighted by Gasteiger charge is 2.40. The second-order valence-corrected chi connectivity index (χ2v) is 6.63. The van der Waals surface area contributed by atoms with Crippen LogP contribution >= 0.6 is 0 Å². The van der Waals surface area contributed by atoms with Crippen molar-refractivity contribution in [1.82, 2.24) is 0 Å². The van der Waals surface area contributed by atoms with Gasteiger partial charge in [-0.05, 0) is 61.7 Å². The fourth-order valence-electron chi connectivity index (χ4n) is 4.30. The van der Waals surface area contributed by atoms with Crippen molar-refractivity contribution in [2.45, 2.75) is 52.4 Å². The molecule has 0 aromatic heterocycles. The molecular formula is C14H24O3. The van der Waals surface area contributed by atoms with Crippen molar-refractivity contribution in [1.29, 1.82) is 0 Å². The number of hydrogen-bond acceptors (Lipinski definition) is 2. The molecule has 98 valence electrons. The summed E-state index contributed by atoms with van der Waals surface area (Å²) in [6, 6.07) is 0. The van der Waals surface area contributed by atoms with E-state index in [2.05, 4.69) is 18.6 Å². The highest BCUT2D eigenvalue weighted by molar-refractivity contribution is 5.56. The van der Waals surface area contributed by atoms with E-state index in [4.69, 9.17) is 5.11 Å². The second kappa shape index (κ2) is 4.87. The van der Waals surface area contributed by atoms with E-state index < -0.39 is 6.16 Å². The number of ether oxygens (including phenoxy) is 1. The van der Waals surface area contributed by atoms with Crippen LogP contribution < -0.4 is 0 Å². The summed E-state index contributed by atoms with van der Waals surface area (Å²) in [6.45, 7) is 5.05. The minimum atomic E-state index is -1.14. The summed E-state index contributed by atoms with van der Waals surface area (Å²) in [5, 5.41) is 8.50. The fourth-order valence-corrected chi connectivity index (χ4v) is 4.30. The molecule has 0 spiro atoms. The normalized spacial score (nSPS) is 40.9. The first-order valence-corrected chi connectivity index (χ1v) is 6.82. The molecule has 1 N–H and O–H groups in total. The molecule has 2 saturated carbocycles. The van der Waals surface area contributed by atoms with Crippen LogP contribution in [0.5, 0.6) is 0 Å². The molecular weight excluding hydrogens is 216 g/mol. The summed E-state index contributed by atoms with van der Waals surface area (Å²) in [6.07, 6.45) is 6.41. The van der Waals surface area contributed by atoms with Crippen LogP contribution in [-0.2, 0) is 4.74 Å². The summed E-state index contributed by atoms with van der Waals surface area (Å²) in [4.78, 5) is 10.4. The van der Waals surface area contributed by atoms with Crippen LogP contribution in [0.25, 0.3) is 0 Å². The molecule has 0 aromatic rings. The van der Waals surface area contributed by atoms with Crippen LogP contribution in [0.4, 0.5) is 4.79 Å². The zero-order valence-electron chi connectivity index (χ0n) is 10.9. The van der Waals surface area contributed by atoms with E-state index in [1.807, 2.05) is 0 Å². The SMILES string of the molecule is CC1CC2C[C@H](C1)CC(C)(CCOC(=O)O)C2. The lowest BCUT2D eigenvalue weighted by molar-refractivity contribution is 0.0198. The maximum atomic E-state index is 10.4. The molecule has 0 radical (unpaired) electrons. The van der Waals surface area contributed by atoms with Crippen LogP contribution in [-0.4, -0.2) is 17.9 Å². The number of hydrogen-bond donors (Lipinski definition) is 1. The summed E-state index contributed by atoms with van der Waals surface area (Å²) >= 11 is 0. The Morgan fingerprint density at radius 2 is 1.88 bits per heavy atom. The van der Waals surface area contributed by atoms with Gasteiger partial charge in [0.05, 0.1) is 6.61 Å². The van der Waals surface area contributed by atoms with Crippen molar-refractivity contribution in [3.8, 4) is 0 Å². The second-order valence-electron chi connectivity index (χ2n) is 6.63. The molecule has 0 saturated heterocycles. The molecule has 0 aliphatic heterocycles. The van der Waals surface area contributed by atoms with Crippen molar-refractivity contribution < 1.29 is 14.6 Å². The van der Waals surface area contributed by atoms with E-state index in [1.165, 1.54) is 32.1 Å². The van der Waals surface area contributed by atoms with Crippen molar-refractivity contribution in [2.24, 2.45) is 23.2 Å². The Kier molecular flexibility index (Phi) is 3.64. The topological polar surface area (TPSA) is 46.5 Å². The zero-order valence-corrected chi connectivity index (χ0v) is 10.9. The van der Waals surface area contributed by atoms with E-state index in [1.54, 1.807) is 0 Å². The molecule has 3 heteroatoms. The van der Waals surface area contributed by atoms with E-state index in [-0.39, 0.29) is 0 Å². The molecule has 0 heterocycles. The maximum absolute atomic E-state index is 10.4. The minimum Gasteiger partial charge on any atom is -0.450 e. The molecule has 0 aromatic carbocycles. The predicted molar refractivity (Wildman–Crippen MR) is 65.9 cm³/mol. The quantitative estimate of drug-likeness (QED) is 0.760. The van der Waals surface area contributed by atoms with Gasteiger partial charge in [0.2, 0.25) is 0 Å². The Morgan fingerprint density at radius 3 is 2.41 bits per heavy atom. The van der Waals surface area contributed by atoms with Gasteiger partial charge in [0, 0.05) is 0 Å². The van der Waals surface area contributed by atoms with Gasteiger partial charge in [-0.15, -0.1) is 0 Å². The van der Waals surface area contributed by atoms with Crippen LogP contribution in [0.1, 0.15) is 52.4 Å².